The van der Waals surface area contributed by atoms with Crippen molar-refractivity contribution in [3.05, 3.63) is 32.6 Å². The van der Waals surface area contributed by atoms with E-state index in [2.05, 4.69) is 5.43 Å². The Bertz CT molecular complexity index is 528. The lowest BCUT2D eigenvalue weighted by molar-refractivity contribution is 0.0104. The minimum absolute atomic E-state index is 0.251. The van der Waals surface area contributed by atoms with E-state index in [1.807, 2.05) is 5.01 Å². The molecular weight excluding hydrogens is 236 g/mol. The number of rotatable bonds is 3. The van der Waals surface area contributed by atoms with Gasteiger partial charge in [0.1, 0.15) is 0 Å². The molecule has 1 aromatic rings. The number of hydrazine groups is 1. The molecule has 7 heteroatoms. The van der Waals surface area contributed by atoms with E-state index in [1.54, 1.807) is 13.2 Å². The zero-order valence-corrected chi connectivity index (χ0v) is 10.7. The Kier molecular flexibility index (Phi) is 3.95. The van der Waals surface area contributed by atoms with Crippen molar-refractivity contribution in [2.24, 2.45) is 14.1 Å². The van der Waals surface area contributed by atoms with E-state index in [9.17, 15) is 9.59 Å². The van der Waals surface area contributed by atoms with Crippen molar-refractivity contribution in [3.8, 4) is 0 Å². The molecule has 7 nitrogen and oxygen atoms in total. The summed E-state index contributed by atoms with van der Waals surface area (Å²) in [5.41, 5.74) is 3.19. The Morgan fingerprint density at radius 3 is 2.61 bits per heavy atom. The topological polar surface area (TPSA) is 68.5 Å². The van der Waals surface area contributed by atoms with Crippen LogP contribution in [0.2, 0.25) is 0 Å². The predicted molar refractivity (Wildman–Crippen MR) is 66.2 cm³/mol. The maximum absolute atomic E-state index is 11.9. The zero-order valence-electron chi connectivity index (χ0n) is 10.7. The fourth-order valence-corrected chi connectivity index (χ4v) is 1.92. The second-order valence-corrected chi connectivity index (χ2v) is 4.35. The van der Waals surface area contributed by atoms with Gasteiger partial charge in [-0.15, -0.1) is 0 Å². The molecule has 0 aliphatic carbocycles. The van der Waals surface area contributed by atoms with Crippen LogP contribution >= 0.6 is 0 Å². The number of hydrogen-bond acceptors (Lipinski definition) is 5. The van der Waals surface area contributed by atoms with E-state index >= 15 is 0 Å². The summed E-state index contributed by atoms with van der Waals surface area (Å²) >= 11 is 0. The van der Waals surface area contributed by atoms with Crippen molar-refractivity contribution in [3.63, 3.8) is 0 Å². The van der Waals surface area contributed by atoms with Crippen molar-refractivity contribution in [1.82, 2.24) is 19.6 Å². The second kappa shape index (κ2) is 5.47. The van der Waals surface area contributed by atoms with Gasteiger partial charge in [0.15, 0.2) is 0 Å². The summed E-state index contributed by atoms with van der Waals surface area (Å²) in [5, 5.41) is 2.02. The Morgan fingerprint density at radius 2 is 1.94 bits per heavy atom. The first-order chi connectivity index (χ1) is 8.59. The SMILES string of the molecule is Cn1cc(CNN2CCOCC2)c(=O)n(C)c1=O. The van der Waals surface area contributed by atoms with Crippen molar-refractivity contribution in [2.45, 2.75) is 6.54 Å². The minimum atomic E-state index is -0.310. The fraction of sp³-hybridized carbons (Fsp3) is 0.636. The minimum Gasteiger partial charge on any atom is -0.379 e. The van der Waals surface area contributed by atoms with E-state index in [1.165, 1.54) is 11.6 Å². The monoisotopic (exact) mass is 254 g/mol. The molecule has 1 aliphatic rings. The number of hydrogen-bond donors (Lipinski definition) is 1. The van der Waals surface area contributed by atoms with Crippen LogP contribution in [-0.4, -0.2) is 40.4 Å². The van der Waals surface area contributed by atoms with E-state index in [0.717, 1.165) is 17.7 Å². The summed E-state index contributed by atoms with van der Waals surface area (Å²) in [5.74, 6) is 0. The highest BCUT2D eigenvalue weighted by atomic mass is 16.5. The first-order valence-corrected chi connectivity index (χ1v) is 5.91. The summed E-state index contributed by atoms with van der Waals surface area (Å²) in [4.78, 5) is 23.4. The third kappa shape index (κ3) is 2.69. The molecule has 1 aliphatic heterocycles. The van der Waals surface area contributed by atoms with Gasteiger partial charge in [-0.2, -0.15) is 0 Å². The summed E-state index contributed by atoms with van der Waals surface area (Å²) in [7, 11) is 3.13. The Hall–Kier alpha value is -1.44. The molecule has 2 rings (SSSR count). The number of morpholine rings is 1. The van der Waals surface area contributed by atoms with Crippen LogP contribution in [0.5, 0.6) is 0 Å². The average molecular weight is 254 g/mol. The quantitative estimate of drug-likeness (QED) is 0.705. The third-order valence-electron chi connectivity index (χ3n) is 3.02. The molecule has 100 valence electrons. The molecule has 2 heterocycles. The van der Waals surface area contributed by atoms with Gasteiger partial charge in [0.2, 0.25) is 0 Å². The van der Waals surface area contributed by atoms with Gasteiger partial charge in [0, 0.05) is 45.5 Å². The van der Waals surface area contributed by atoms with Gasteiger partial charge in [-0.1, -0.05) is 0 Å². The lowest BCUT2D eigenvalue weighted by Gasteiger charge is -2.27. The molecule has 0 bridgehead atoms. The lowest BCUT2D eigenvalue weighted by Crippen LogP contribution is -2.47. The normalized spacial score (nSPS) is 17.0. The van der Waals surface area contributed by atoms with Crippen LogP contribution in [0.25, 0.3) is 0 Å². The molecule has 0 aromatic carbocycles. The van der Waals surface area contributed by atoms with Crippen molar-refractivity contribution < 1.29 is 4.74 Å². The molecule has 0 radical (unpaired) electrons. The molecule has 18 heavy (non-hydrogen) atoms. The van der Waals surface area contributed by atoms with Crippen LogP contribution in [0, 0.1) is 0 Å². The molecule has 0 spiro atoms. The molecule has 1 N–H and O–H groups in total. The van der Waals surface area contributed by atoms with Crippen LogP contribution in [-0.2, 0) is 25.4 Å². The first-order valence-electron chi connectivity index (χ1n) is 5.91. The number of aromatic nitrogens is 2. The van der Waals surface area contributed by atoms with Crippen molar-refractivity contribution in [1.29, 1.82) is 0 Å². The van der Waals surface area contributed by atoms with E-state index in [0.29, 0.717) is 25.3 Å². The lowest BCUT2D eigenvalue weighted by atomic mass is 10.3. The number of nitrogens with one attached hydrogen (secondary N) is 1. The molecule has 1 fully saturated rings. The van der Waals surface area contributed by atoms with Gasteiger partial charge < -0.3 is 9.30 Å². The molecule has 0 unspecified atom stereocenters. The molecule has 1 aromatic heterocycles. The number of nitrogens with zero attached hydrogens (tertiary/aromatic N) is 3. The summed E-state index contributed by atoms with van der Waals surface area (Å²) in [6, 6.07) is 0. The van der Waals surface area contributed by atoms with E-state index in [-0.39, 0.29) is 11.2 Å². The summed E-state index contributed by atoms with van der Waals surface area (Å²) in [6.45, 7) is 3.40. The Balaban J connectivity index is 2.10. The summed E-state index contributed by atoms with van der Waals surface area (Å²) in [6.07, 6.45) is 1.58. The fourth-order valence-electron chi connectivity index (χ4n) is 1.92. The summed E-state index contributed by atoms with van der Waals surface area (Å²) < 4.78 is 7.77. The molecule has 1 saturated heterocycles. The third-order valence-corrected chi connectivity index (χ3v) is 3.02. The van der Waals surface area contributed by atoms with Crippen LogP contribution in [0.3, 0.4) is 0 Å². The number of aryl methyl sites for hydroxylation is 1. The van der Waals surface area contributed by atoms with Gasteiger partial charge in [-0.3, -0.25) is 14.8 Å². The van der Waals surface area contributed by atoms with E-state index in [4.69, 9.17) is 4.74 Å². The maximum atomic E-state index is 11.9. The van der Waals surface area contributed by atoms with Crippen molar-refractivity contribution >= 4 is 0 Å². The maximum Gasteiger partial charge on any atom is 0.330 e. The molecule has 0 atom stereocenters. The highest BCUT2D eigenvalue weighted by molar-refractivity contribution is 5.04. The van der Waals surface area contributed by atoms with Crippen LogP contribution in [0.4, 0.5) is 0 Å². The van der Waals surface area contributed by atoms with Crippen LogP contribution in [0.1, 0.15) is 5.56 Å². The highest BCUT2D eigenvalue weighted by Gasteiger charge is 2.11. The predicted octanol–water partition coefficient (Wildman–Crippen LogP) is -1.58. The molecule has 0 amide bonds. The van der Waals surface area contributed by atoms with Gasteiger partial charge in [0.25, 0.3) is 5.56 Å². The largest absolute Gasteiger partial charge is 0.379 e. The zero-order chi connectivity index (χ0) is 13.1. The van der Waals surface area contributed by atoms with Gasteiger partial charge >= 0.3 is 5.69 Å². The first kappa shape index (κ1) is 13.0. The smallest absolute Gasteiger partial charge is 0.330 e. The average Bonchev–Trinajstić information content (AvgIpc) is 2.40. The Morgan fingerprint density at radius 1 is 1.28 bits per heavy atom. The standard InChI is InChI=1S/C11H18N4O3/c1-13-8-9(10(16)14(2)11(13)17)7-12-15-3-5-18-6-4-15/h8,12H,3-7H2,1-2H3. The number of ether oxygens (including phenoxy) is 1. The van der Waals surface area contributed by atoms with Crippen LogP contribution < -0.4 is 16.7 Å². The molecule has 0 saturated carbocycles. The van der Waals surface area contributed by atoms with Gasteiger partial charge in [0.05, 0.1) is 13.2 Å². The highest BCUT2D eigenvalue weighted by Crippen LogP contribution is 1.94. The van der Waals surface area contributed by atoms with E-state index < -0.39 is 0 Å². The van der Waals surface area contributed by atoms with Crippen LogP contribution in [0.15, 0.2) is 15.8 Å². The van der Waals surface area contributed by atoms with Crippen molar-refractivity contribution in [2.75, 3.05) is 26.3 Å². The van der Waals surface area contributed by atoms with Gasteiger partial charge in [-0.25, -0.2) is 9.80 Å². The molecular formula is C11H18N4O3. The second-order valence-electron chi connectivity index (χ2n) is 4.35. The Labute approximate surface area is 105 Å². The van der Waals surface area contributed by atoms with Gasteiger partial charge in [-0.05, 0) is 0 Å².